The van der Waals surface area contributed by atoms with Crippen molar-refractivity contribution in [1.29, 1.82) is 0 Å². The Kier molecular flexibility index (Phi) is 7.26. The van der Waals surface area contributed by atoms with E-state index in [0.717, 1.165) is 12.8 Å². The lowest BCUT2D eigenvalue weighted by molar-refractivity contribution is -0.199. The zero-order valence-corrected chi connectivity index (χ0v) is 24.7. The number of thioether (sulfide) groups is 1. The Labute approximate surface area is 225 Å². The largest absolute Gasteiger partial charge is 0.514 e. The van der Waals surface area contributed by atoms with Crippen molar-refractivity contribution in [3.05, 3.63) is 23.3 Å². The number of hydrogen-bond donors (Lipinski definition) is 0. The minimum Gasteiger partial charge on any atom is -0.456 e. The number of carbonyl (C=O) groups is 2. The number of hydrogen-bond acceptors (Lipinski definition) is 8. The molecule has 204 valence electrons. The Hall–Kier alpha value is -1.71. The first-order chi connectivity index (χ1) is 16.9. The molecule has 7 nitrogen and oxygen atoms in total. The van der Waals surface area contributed by atoms with Crippen molar-refractivity contribution in [3.63, 3.8) is 0 Å². The van der Waals surface area contributed by atoms with Crippen LogP contribution in [0.25, 0.3) is 0 Å². The van der Waals surface area contributed by atoms with Crippen LogP contribution in [0.4, 0.5) is 4.79 Å². The number of benzene rings is 1. The molecule has 4 atom stereocenters. The first-order valence-corrected chi connectivity index (χ1v) is 14.3. The molecule has 1 aliphatic heterocycles. The van der Waals surface area contributed by atoms with Crippen molar-refractivity contribution in [1.82, 2.24) is 0 Å². The summed E-state index contributed by atoms with van der Waals surface area (Å²) in [4.78, 5) is 26.8. The molecule has 0 N–H and O–H groups in total. The van der Waals surface area contributed by atoms with Crippen LogP contribution in [0.1, 0.15) is 91.1 Å². The quantitative estimate of drug-likeness (QED) is 0.184. The van der Waals surface area contributed by atoms with E-state index in [1.807, 2.05) is 18.4 Å². The molecule has 3 saturated carbocycles. The molecule has 1 aromatic carbocycles. The van der Waals surface area contributed by atoms with Gasteiger partial charge in [0.15, 0.2) is 5.75 Å². The molecule has 2 bridgehead atoms. The Balaban J connectivity index is 1.67. The van der Waals surface area contributed by atoms with Gasteiger partial charge in [-0.1, -0.05) is 19.9 Å². The summed E-state index contributed by atoms with van der Waals surface area (Å²) >= 11 is 1.38. The smallest absolute Gasteiger partial charge is 0.456 e. The van der Waals surface area contributed by atoms with Gasteiger partial charge in [0, 0.05) is 11.2 Å². The molecule has 1 unspecified atom stereocenters. The average Bonchev–Trinajstić information content (AvgIpc) is 3.07. The van der Waals surface area contributed by atoms with Crippen LogP contribution in [-0.4, -0.2) is 48.4 Å². The summed E-state index contributed by atoms with van der Waals surface area (Å²) in [6.45, 7) is 17.5. The minimum absolute atomic E-state index is 0.0281. The van der Waals surface area contributed by atoms with E-state index >= 15 is 0 Å². The van der Waals surface area contributed by atoms with Crippen molar-refractivity contribution in [3.8, 4) is 5.75 Å². The Morgan fingerprint density at radius 1 is 1.05 bits per heavy atom. The highest BCUT2D eigenvalue weighted by atomic mass is 32.2. The SMILES string of the molecule is CSc1ccc(CB2OC3C[C@@H]4C[C@@H](C4(C)C)[C@]3(C)O2)c(OC(=O)OC(C)(C)C)c1C(=O)OC(C)(C)C. The highest BCUT2D eigenvalue weighted by Gasteiger charge is 2.67. The minimum atomic E-state index is -0.881. The van der Waals surface area contributed by atoms with Crippen LogP contribution in [0.3, 0.4) is 0 Å². The second kappa shape index (κ2) is 9.49. The molecule has 0 radical (unpaired) electrons. The molecular formula is C28H41BO7S. The van der Waals surface area contributed by atoms with E-state index in [0.29, 0.717) is 28.6 Å². The zero-order valence-electron chi connectivity index (χ0n) is 23.9. The molecular weight excluding hydrogens is 491 g/mol. The van der Waals surface area contributed by atoms with Gasteiger partial charge < -0.3 is 23.5 Å². The van der Waals surface area contributed by atoms with Gasteiger partial charge in [0.25, 0.3) is 0 Å². The zero-order chi connectivity index (χ0) is 27.6. The van der Waals surface area contributed by atoms with Crippen molar-refractivity contribution >= 4 is 31.0 Å². The normalized spacial score (nSPS) is 28.3. The fraction of sp³-hybridized carbons (Fsp3) is 0.714. The molecule has 0 amide bonds. The number of esters is 1. The van der Waals surface area contributed by atoms with E-state index in [-0.39, 0.29) is 28.4 Å². The van der Waals surface area contributed by atoms with Gasteiger partial charge in [-0.25, -0.2) is 9.59 Å². The number of ether oxygens (including phenoxy) is 3. The topological polar surface area (TPSA) is 80.3 Å². The van der Waals surface area contributed by atoms with E-state index < -0.39 is 30.4 Å². The van der Waals surface area contributed by atoms with Crippen molar-refractivity contribution in [2.45, 2.75) is 109 Å². The van der Waals surface area contributed by atoms with Gasteiger partial charge in [0.1, 0.15) is 16.8 Å². The summed E-state index contributed by atoms with van der Waals surface area (Å²) in [6, 6.07) is 3.71. The summed E-state index contributed by atoms with van der Waals surface area (Å²) in [5.41, 5.74) is -0.766. The fourth-order valence-electron chi connectivity index (χ4n) is 6.15. The lowest BCUT2D eigenvalue weighted by atomic mass is 9.43. The molecule has 3 aliphatic carbocycles. The average molecular weight is 533 g/mol. The lowest BCUT2D eigenvalue weighted by Crippen LogP contribution is -2.65. The van der Waals surface area contributed by atoms with Crippen LogP contribution in [-0.2, 0) is 25.1 Å². The van der Waals surface area contributed by atoms with Crippen LogP contribution in [0.5, 0.6) is 5.75 Å². The number of carbonyl (C=O) groups excluding carboxylic acids is 2. The Bertz CT molecular complexity index is 1070. The molecule has 0 spiro atoms. The molecule has 1 aromatic rings. The summed E-state index contributed by atoms with van der Waals surface area (Å²) in [5, 5.41) is 0. The summed E-state index contributed by atoms with van der Waals surface area (Å²) in [5.74, 6) is 0.645. The van der Waals surface area contributed by atoms with E-state index in [4.69, 9.17) is 23.5 Å². The van der Waals surface area contributed by atoms with Gasteiger partial charge in [-0.2, -0.15) is 0 Å². The first-order valence-electron chi connectivity index (χ1n) is 13.1. The molecule has 0 aromatic heterocycles. The molecule has 4 aliphatic rings. The van der Waals surface area contributed by atoms with Crippen molar-refractivity contribution in [2.24, 2.45) is 17.3 Å². The third-order valence-corrected chi connectivity index (χ3v) is 8.77. The Morgan fingerprint density at radius 3 is 2.27 bits per heavy atom. The van der Waals surface area contributed by atoms with Gasteiger partial charge >= 0.3 is 19.2 Å². The maximum absolute atomic E-state index is 13.4. The summed E-state index contributed by atoms with van der Waals surface area (Å²) in [6.07, 6.45) is 3.48. The van der Waals surface area contributed by atoms with Gasteiger partial charge in [-0.15, -0.1) is 11.8 Å². The summed E-state index contributed by atoms with van der Waals surface area (Å²) < 4.78 is 29.9. The van der Waals surface area contributed by atoms with Gasteiger partial charge in [0.2, 0.25) is 0 Å². The Morgan fingerprint density at radius 2 is 1.70 bits per heavy atom. The van der Waals surface area contributed by atoms with Crippen molar-refractivity contribution in [2.75, 3.05) is 6.26 Å². The standard InChI is InChI=1S/C28H41BO7S/c1-25(2,3)33-23(30)21-18(37-10)12-11-16(22(21)32-24(31)34-26(4,5)6)15-29-35-20-14-17-13-19(27(17,7)8)28(20,9)36-29/h11-12,17,19-20H,13-15H2,1-10H3/t17-,19-,20?,28-/m0/s1. The predicted octanol–water partition coefficient (Wildman–Crippen LogP) is 6.49. The second-order valence-electron chi connectivity index (χ2n) is 13.3. The molecule has 5 rings (SSSR count). The molecule has 1 saturated heterocycles. The highest BCUT2D eigenvalue weighted by Crippen LogP contribution is 2.65. The van der Waals surface area contributed by atoms with Gasteiger partial charge in [-0.05, 0) is 96.4 Å². The van der Waals surface area contributed by atoms with Gasteiger partial charge in [0.05, 0.1) is 11.7 Å². The van der Waals surface area contributed by atoms with Crippen molar-refractivity contribution < 1.29 is 33.1 Å². The first kappa shape index (κ1) is 28.3. The van der Waals surface area contributed by atoms with Gasteiger partial charge in [-0.3, -0.25) is 0 Å². The highest BCUT2D eigenvalue weighted by molar-refractivity contribution is 7.98. The van der Waals surface area contributed by atoms with E-state index in [1.54, 1.807) is 41.5 Å². The number of rotatable bonds is 5. The van der Waals surface area contributed by atoms with E-state index in [1.165, 1.54) is 11.8 Å². The van der Waals surface area contributed by atoms with E-state index in [9.17, 15) is 9.59 Å². The van der Waals surface area contributed by atoms with Crippen LogP contribution < -0.4 is 4.74 Å². The van der Waals surface area contributed by atoms with E-state index in [2.05, 4.69) is 20.8 Å². The molecule has 9 heteroatoms. The monoisotopic (exact) mass is 532 g/mol. The predicted molar refractivity (Wildman–Crippen MR) is 144 cm³/mol. The second-order valence-corrected chi connectivity index (χ2v) is 14.1. The van der Waals surface area contributed by atoms with Crippen LogP contribution in [0, 0.1) is 17.3 Å². The summed E-state index contributed by atoms with van der Waals surface area (Å²) in [7, 11) is -0.516. The maximum Gasteiger partial charge on any atom is 0.514 e. The molecule has 1 heterocycles. The third kappa shape index (κ3) is 5.55. The fourth-order valence-corrected chi connectivity index (χ4v) is 6.73. The molecule has 4 fully saturated rings. The van der Waals surface area contributed by atoms with Crippen LogP contribution >= 0.6 is 11.8 Å². The van der Waals surface area contributed by atoms with Crippen LogP contribution in [0.2, 0.25) is 0 Å². The van der Waals surface area contributed by atoms with Crippen LogP contribution in [0.15, 0.2) is 17.0 Å². The lowest BCUT2D eigenvalue weighted by Gasteiger charge is -2.64. The maximum atomic E-state index is 13.4. The third-order valence-electron chi connectivity index (χ3n) is 7.99. The molecule has 37 heavy (non-hydrogen) atoms.